The van der Waals surface area contributed by atoms with Crippen LogP contribution in [0.5, 0.6) is 0 Å². The number of halogens is 1. The predicted molar refractivity (Wildman–Crippen MR) is 143 cm³/mol. The van der Waals surface area contributed by atoms with E-state index in [0.29, 0.717) is 11.1 Å². The molecule has 1 saturated carbocycles. The number of benzene rings is 2. The lowest BCUT2D eigenvalue weighted by atomic mass is 9.67. The molecule has 4 N–H and O–H groups in total. The molecular weight excluding hydrogens is 460 g/mol. The van der Waals surface area contributed by atoms with Crippen molar-refractivity contribution in [1.82, 2.24) is 15.5 Å². The van der Waals surface area contributed by atoms with E-state index in [-0.39, 0.29) is 18.6 Å². The monoisotopic (exact) mass is 498 g/mol. The van der Waals surface area contributed by atoms with Crippen molar-refractivity contribution < 1.29 is 9.90 Å². The van der Waals surface area contributed by atoms with Crippen molar-refractivity contribution in [1.29, 1.82) is 0 Å². The van der Waals surface area contributed by atoms with E-state index in [1.165, 1.54) is 11.1 Å². The molecule has 0 aromatic heterocycles. The number of hydrogen-bond acceptors (Lipinski definition) is 5. The summed E-state index contributed by atoms with van der Waals surface area (Å²) in [4.78, 5) is 15.7. The minimum absolute atomic E-state index is 0.0815. The Bertz CT molecular complexity index is 1040. The van der Waals surface area contributed by atoms with E-state index in [1.807, 2.05) is 18.2 Å². The van der Waals surface area contributed by atoms with Crippen LogP contribution in [0.15, 0.2) is 36.4 Å². The van der Waals surface area contributed by atoms with Crippen molar-refractivity contribution in [3.63, 3.8) is 0 Å². The van der Waals surface area contributed by atoms with E-state index in [2.05, 4.69) is 52.9 Å². The third-order valence-corrected chi connectivity index (χ3v) is 8.20. The molecular formula is C28H39ClN4O2. The van der Waals surface area contributed by atoms with Crippen molar-refractivity contribution in [3.05, 3.63) is 63.7 Å². The summed E-state index contributed by atoms with van der Waals surface area (Å²) in [5.41, 5.74) is 4.90. The number of piperazine rings is 1. The van der Waals surface area contributed by atoms with Gasteiger partial charge >= 0.3 is 0 Å². The fraction of sp³-hybridized carbons (Fsp3) is 0.536. The van der Waals surface area contributed by atoms with Gasteiger partial charge in [0, 0.05) is 56.0 Å². The van der Waals surface area contributed by atoms with Crippen LogP contribution < -0.4 is 16.0 Å². The molecule has 0 bridgehead atoms. The zero-order valence-corrected chi connectivity index (χ0v) is 21.9. The summed E-state index contributed by atoms with van der Waals surface area (Å²) in [6, 6.07) is 13.1. The minimum atomic E-state index is -0.504. The molecule has 2 aromatic rings. The maximum absolute atomic E-state index is 13.2. The fourth-order valence-electron chi connectivity index (χ4n) is 5.73. The van der Waals surface area contributed by atoms with Crippen LogP contribution in [0.25, 0.3) is 0 Å². The van der Waals surface area contributed by atoms with Gasteiger partial charge in [-0.3, -0.25) is 9.69 Å². The summed E-state index contributed by atoms with van der Waals surface area (Å²) < 4.78 is 0. The first kappa shape index (κ1) is 26.0. The van der Waals surface area contributed by atoms with Crippen molar-refractivity contribution in [3.8, 4) is 0 Å². The van der Waals surface area contributed by atoms with Gasteiger partial charge in [0.2, 0.25) is 5.91 Å². The molecule has 4 rings (SSSR count). The summed E-state index contributed by atoms with van der Waals surface area (Å²) in [6.07, 6.45) is 3.37. The molecule has 1 saturated heterocycles. The lowest BCUT2D eigenvalue weighted by molar-refractivity contribution is -0.127. The van der Waals surface area contributed by atoms with E-state index < -0.39 is 5.41 Å². The Hall–Kier alpha value is -2.12. The number of rotatable bonds is 7. The van der Waals surface area contributed by atoms with Crippen LogP contribution in [0, 0.1) is 6.92 Å². The van der Waals surface area contributed by atoms with E-state index in [9.17, 15) is 9.90 Å². The molecule has 2 fully saturated rings. The molecule has 2 aromatic carbocycles. The molecule has 0 unspecified atom stereocenters. The summed E-state index contributed by atoms with van der Waals surface area (Å²) in [7, 11) is 1.74. The third-order valence-electron chi connectivity index (χ3n) is 7.83. The van der Waals surface area contributed by atoms with E-state index in [1.54, 1.807) is 7.05 Å². The Kier molecular flexibility index (Phi) is 8.38. The molecule has 35 heavy (non-hydrogen) atoms. The van der Waals surface area contributed by atoms with Crippen LogP contribution >= 0.6 is 11.6 Å². The van der Waals surface area contributed by atoms with Crippen molar-refractivity contribution in [2.75, 3.05) is 32.0 Å². The second kappa shape index (κ2) is 11.3. The number of aliphatic hydroxyl groups is 1. The summed E-state index contributed by atoms with van der Waals surface area (Å²) in [5, 5.41) is 20.1. The van der Waals surface area contributed by atoms with Crippen LogP contribution in [0.1, 0.15) is 54.9 Å². The van der Waals surface area contributed by atoms with Gasteiger partial charge in [0.1, 0.15) is 0 Å². The fourth-order valence-corrected chi connectivity index (χ4v) is 5.91. The number of likely N-dealkylation sites (N-methyl/N-ethyl adjacent to an activating group) is 1. The number of hydrogen-bond donors (Lipinski definition) is 4. The van der Waals surface area contributed by atoms with Crippen LogP contribution in [0.2, 0.25) is 5.02 Å². The maximum Gasteiger partial charge on any atom is 0.230 e. The first-order chi connectivity index (χ1) is 16.8. The summed E-state index contributed by atoms with van der Waals surface area (Å²) in [6.45, 7) is 8.44. The number of carbonyl (C=O) groups excluding carboxylic acids is 1. The number of nitrogens with one attached hydrogen (secondary N) is 3. The van der Waals surface area contributed by atoms with E-state index in [0.717, 1.165) is 68.7 Å². The first-order valence-corrected chi connectivity index (χ1v) is 13.2. The van der Waals surface area contributed by atoms with Crippen molar-refractivity contribution in [2.24, 2.45) is 0 Å². The molecule has 1 amide bonds. The standard InChI is InChI=1S/C28H39ClN4O2/c1-19-14-23(5-4-21(19)17-33-13-12-31-20(2)16-33)28(27(35)30-3)10-8-24(9-11-28)32-25-6-7-26(29)22(15-25)18-34/h4-7,14-15,20,24,31-32,34H,8-13,16-18H2,1-3H3,(H,30,35)/t20-,24-,28-/m0/s1. The van der Waals surface area contributed by atoms with Gasteiger partial charge in [-0.05, 0) is 80.0 Å². The average molecular weight is 499 g/mol. The Labute approximate surface area is 214 Å². The van der Waals surface area contributed by atoms with Gasteiger partial charge in [0.25, 0.3) is 0 Å². The number of amides is 1. The van der Waals surface area contributed by atoms with Crippen LogP contribution in [-0.2, 0) is 23.4 Å². The summed E-state index contributed by atoms with van der Waals surface area (Å²) >= 11 is 6.14. The lowest BCUT2D eigenvalue weighted by Gasteiger charge is -2.40. The van der Waals surface area contributed by atoms with Gasteiger partial charge in [0.05, 0.1) is 12.0 Å². The van der Waals surface area contributed by atoms with Crippen molar-refractivity contribution in [2.45, 2.75) is 70.2 Å². The summed E-state index contributed by atoms with van der Waals surface area (Å²) in [5.74, 6) is 0.105. The van der Waals surface area contributed by atoms with Gasteiger partial charge in [-0.1, -0.05) is 29.8 Å². The SMILES string of the molecule is CNC(=O)[C@]1(c2ccc(CN3CCN[C@@H](C)C3)c(C)c2)CC[C@@H](Nc2ccc(Cl)c(CO)c2)CC1. The quantitative estimate of drug-likeness (QED) is 0.464. The minimum Gasteiger partial charge on any atom is -0.392 e. The topological polar surface area (TPSA) is 76.6 Å². The molecule has 1 heterocycles. The Morgan fingerprint density at radius 1 is 1.20 bits per heavy atom. The van der Waals surface area contributed by atoms with E-state index in [4.69, 9.17) is 11.6 Å². The van der Waals surface area contributed by atoms with Gasteiger partial charge in [0.15, 0.2) is 0 Å². The highest BCUT2D eigenvalue weighted by Crippen LogP contribution is 2.41. The normalized spacial score (nSPS) is 25.3. The molecule has 7 heteroatoms. The zero-order chi connectivity index (χ0) is 25.0. The van der Waals surface area contributed by atoms with Gasteiger partial charge < -0.3 is 21.1 Å². The number of carbonyl (C=O) groups is 1. The van der Waals surface area contributed by atoms with E-state index >= 15 is 0 Å². The largest absolute Gasteiger partial charge is 0.392 e. The molecule has 190 valence electrons. The third kappa shape index (κ3) is 5.83. The molecule has 1 aliphatic heterocycles. The molecule has 0 spiro atoms. The Balaban J connectivity index is 1.47. The smallest absolute Gasteiger partial charge is 0.230 e. The molecule has 0 radical (unpaired) electrons. The van der Waals surface area contributed by atoms with Crippen LogP contribution in [0.3, 0.4) is 0 Å². The number of anilines is 1. The highest BCUT2D eigenvalue weighted by molar-refractivity contribution is 6.31. The molecule has 1 atom stereocenters. The predicted octanol–water partition coefficient (Wildman–Crippen LogP) is 3.97. The zero-order valence-electron chi connectivity index (χ0n) is 21.2. The number of nitrogens with zero attached hydrogens (tertiary/aromatic N) is 1. The molecule has 6 nitrogen and oxygen atoms in total. The highest BCUT2D eigenvalue weighted by atomic mass is 35.5. The second-order valence-electron chi connectivity index (χ2n) is 10.3. The number of aliphatic hydroxyl groups excluding tert-OH is 1. The highest BCUT2D eigenvalue weighted by Gasteiger charge is 2.43. The first-order valence-electron chi connectivity index (χ1n) is 12.8. The van der Waals surface area contributed by atoms with Gasteiger partial charge in [-0.15, -0.1) is 0 Å². The van der Waals surface area contributed by atoms with Crippen LogP contribution in [-0.4, -0.2) is 54.7 Å². The molecule has 1 aliphatic carbocycles. The average Bonchev–Trinajstić information content (AvgIpc) is 2.86. The van der Waals surface area contributed by atoms with Crippen LogP contribution in [0.4, 0.5) is 5.69 Å². The molecule has 2 aliphatic rings. The number of aryl methyl sites for hydroxylation is 1. The van der Waals surface area contributed by atoms with Gasteiger partial charge in [-0.25, -0.2) is 0 Å². The van der Waals surface area contributed by atoms with Gasteiger partial charge in [-0.2, -0.15) is 0 Å². The Morgan fingerprint density at radius 3 is 2.63 bits per heavy atom. The lowest BCUT2D eigenvalue weighted by Crippen LogP contribution is -2.48. The Morgan fingerprint density at radius 2 is 1.97 bits per heavy atom. The van der Waals surface area contributed by atoms with Crippen molar-refractivity contribution >= 4 is 23.2 Å². The maximum atomic E-state index is 13.2. The second-order valence-corrected chi connectivity index (χ2v) is 10.7.